The van der Waals surface area contributed by atoms with Gasteiger partial charge in [-0.15, -0.1) is 0 Å². The summed E-state index contributed by atoms with van der Waals surface area (Å²) >= 11 is 7.15. The Kier molecular flexibility index (Phi) is 17.7. The molecule has 404 valence electrons. The monoisotopic (exact) mass is 1190 g/mol. The molecule has 10 rings (SSSR count). The third-order valence-corrected chi connectivity index (χ3v) is 14.8. The van der Waals surface area contributed by atoms with Crippen LogP contribution < -0.4 is 10.6 Å². The van der Waals surface area contributed by atoms with Crippen molar-refractivity contribution in [2.24, 2.45) is 0 Å². The van der Waals surface area contributed by atoms with E-state index in [4.69, 9.17) is 9.84 Å². The Morgan fingerprint density at radius 1 is 0.525 bits per heavy atom. The van der Waals surface area contributed by atoms with Gasteiger partial charge in [0.2, 0.25) is 0 Å². The van der Waals surface area contributed by atoms with Gasteiger partial charge in [-0.2, -0.15) is 10.2 Å². The third kappa shape index (κ3) is 13.3. The number of fused-ring (bicyclic) bond motifs is 2. The number of hydrogen-bond acceptors (Lipinski definition) is 7. The Balaban J connectivity index is 0.000000195. The van der Waals surface area contributed by atoms with E-state index in [2.05, 4.69) is 61.4 Å². The highest BCUT2D eigenvalue weighted by Gasteiger charge is 2.22. The highest BCUT2D eigenvalue weighted by molar-refractivity contribution is 9.10. The fraction of sp³-hybridized carbons (Fsp3) is 0.182. The van der Waals surface area contributed by atoms with Crippen LogP contribution in [-0.2, 0) is 17.8 Å². The number of nitrogens with one attached hydrogen (secondary N) is 2. The van der Waals surface area contributed by atoms with Crippen LogP contribution in [0.15, 0.2) is 203 Å². The Bertz CT molecular complexity index is 3830. The van der Waals surface area contributed by atoms with Gasteiger partial charge < -0.3 is 20.5 Å². The van der Waals surface area contributed by atoms with Gasteiger partial charge in [-0.3, -0.25) is 19.0 Å². The summed E-state index contributed by atoms with van der Waals surface area (Å²) in [5, 5.41) is 26.9. The number of carbonyl (C=O) groups excluding carboxylic acids is 3. The number of carboxylic acids is 1. The zero-order valence-corrected chi connectivity index (χ0v) is 48.2. The van der Waals surface area contributed by atoms with Crippen molar-refractivity contribution < 1.29 is 29.0 Å². The number of hydrogen-bond donors (Lipinski definition) is 3. The summed E-state index contributed by atoms with van der Waals surface area (Å²) in [6.07, 6.45) is 1.59. The van der Waals surface area contributed by atoms with E-state index in [1.165, 1.54) is 0 Å². The number of carbonyl (C=O) groups is 4. The Hall–Kier alpha value is -8.46. The van der Waals surface area contributed by atoms with Crippen LogP contribution in [0.3, 0.4) is 0 Å². The summed E-state index contributed by atoms with van der Waals surface area (Å²) in [6.45, 7) is 10.8. The smallest absolute Gasteiger partial charge is 0.339 e. The fourth-order valence-electron chi connectivity index (χ4n) is 9.59. The standard InChI is InChI=1S/C35H34BrN3O3.C31H26BrN3O3/c1-5-30(25-11-7-6-8-12-25)37-33(40)26-19-20-31-29(21-26)32(36)38-39(31)22-23-15-17-24(18-16-23)27-13-9-10-14-28(27)34(41)42-35(2,3)4;1-2-27(22-8-4-3-5-9-22)33-30(36)23-16-17-28-26(18-23)29(32)34-35(28)19-20-12-14-21(15-13-20)24-10-6-7-11-25(24)31(37)38/h6-21,30H,5,22H2,1-4H3,(H,37,40);3-18,27H,2,19H2,1H3,(H,33,36)(H,37,38). The van der Waals surface area contributed by atoms with Crippen molar-refractivity contribution in [1.29, 1.82) is 0 Å². The molecule has 0 aliphatic carbocycles. The first-order chi connectivity index (χ1) is 38.6. The molecule has 0 saturated heterocycles. The lowest BCUT2D eigenvalue weighted by Gasteiger charge is -2.20. The molecule has 2 heterocycles. The number of ether oxygens (including phenoxy) is 1. The van der Waals surface area contributed by atoms with Gasteiger partial charge in [-0.25, -0.2) is 9.59 Å². The van der Waals surface area contributed by atoms with E-state index < -0.39 is 11.6 Å². The van der Waals surface area contributed by atoms with Crippen LogP contribution in [0, 0.1) is 0 Å². The minimum absolute atomic E-state index is 0.0559. The molecular weight excluding hydrogens is 1130 g/mol. The van der Waals surface area contributed by atoms with Crippen molar-refractivity contribution in [2.45, 2.75) is 78.2 Å². The van der Waals surface area contributed by atoms with Gasteiger partial charge in [0.25, 0.3) is 11.8 Å². The van der Waals surface area contributed by atoms with Crippen LogP contribution in [-0.4, -0.2) is 54.0 Å². The van der Waals surface area contributed by atoms with Gasteiger partial charge in [0, 0.05) is 21.9 Å². The van der Waals surface area contributed by atoms with Gasteiger partial charge in [-0.1, -0.05) is 159 Å². The van der Waals surface area contributed by atoms with Gasteiger partial charge in [0.1, 0.15) is 14.8 Å². The highest BCUT2D eigenvalue weighted by Crippen LogP contribution is 2.31. The number of nitrogens with zero attached hydrogens (tertiary/aromatic N) is 4. The van der Waals surface area contributed by atoms with Gasteiger partial charge in [-0.05, 0) is 159 Å². The molecule has 2 unspecified atom stereocenters. The lowest BCUT2D eigenvalue weighted by Crippen LogP contribution is -2.28. The number of carboxylic acid groups (broad SMARTS) is 1. The molecule has 2 atom stereocenters. The summed E-state index contributed by atoms with van der Waals surface area (Å²) < 4.78 is 10.8. The molecule has 0 spiro atoms. The molecule has 0 fully saturated rings. The molecule has 2 aromatic heterocycles. The Morgan fingerprint density at radius 2 is 0.912 bits per heavy atom. The third-order valence-electron chi connectivity index (χ3n) is 13.7. The summed E-state index contributed by atoms with van der Waals surface area (Å²) in [7, 11) is 0. The number of esters is 1. The molecule has 3 N–H and O–H groups in total. The molecule has 12 nitrogen and oxygen atoms in total. The second kappa shape index (κ2) is 25.1. The summed E-state index contributed by atoms with van der Waals surface area (Å²) in [5.41, 5.74) is 10.8. The molecule has 0 radical (unpaired) electrons. The average Bonchev–Trinajstić information content (AvgIpc) is 4.04. The van der Waals surface area contributed by atoms with Crippen molar-refractivity contribution in [3.05, 3.63) is 248 Å². The van der Waals surface area contributed by atoms with E-state index in [9.17, 15) is 24.3 Å². The van der Waals surface area contributed by atoms with E-state index in [1.807, 2.05) is 206 Å². The summed E-state index contributed by atoms with van der Waals surface area (Å²) in [6, 6.07) is 61.5. The van der Waals surface area contributed by atoms with Crippen LogP contribution in [0.4, 0.5) is 0 Å². The average molecular weight is 1190 g/mol. The minimum atomic E-state index is -0.948. The van der Waals surface area contributed by atoms with Crippen molar-refractivity contribution in [3.63, 3.8) is 0 Å². The first-order valence-corrected chi connectivity index (χ1v) is 28.0. The first-order valence-electron chi connectivity index (χ1n) is 26.4. The number of halogens is 2. The number of aromatic carboxylic acids is 1. The Morgan fingerprint density at radius 3 is 1.31 bits per heavy atom. The van der Waals surface area contributed by atoms with E-state index in [-0.39, 0.29) is 35.4 Å². The first kappa shape index (κ1) is 56.3. The molecular formula is C66H60Br2N6O6. The number of benzene rings is 8. The molecule has 0 saturated carbocycles. The van der Waals surface area contributed by atoms with E-state index in [0.717, 1.165) is 73.6 Å². The number of rotatable bonds is 16. The molecule has 14 heteroatoms. The molecule has 0 aliphatic heterocycles. The predicted molar refractivity (Wildman–Crippen MR) is 323 cm³/mol. The quantitative estimate of drug-likeness (QED) is 0.0807. The molecule has 0 bridgehead atoms. The van der Waals surface area contributed by atoms with E-state index in [1.54, 1.807) is 18.2 Å². The Labute approximate surface area is 482 Å². The van der Waals surface area contributed by atoms with Crippen LogP contribution in [0.5, 0.6) is 0 Å². The van der Waals surface area contributed by atoms with Crippen LogP contribution >= 0.6 is 31.9 Å². The van der Waals surface area contributed by atoms with Crippen molar-refractivity contribution in [1.82, 2.24) is 30.2 Å². The van der Waals surface area contributed by atoms with E-state index >= 15 is 0 Å². The fourth-order valence-corrected chi connectivity index (χ4v) is 10.6. The van der Waals surface area contributed by atoms with Crippen molar-refractivity contribution in [3.8, 4) is 22.3 Å². The zero-order chi connectivity index (χ0) is 56.5. The van der Waals surface area contributed by atoms with Crippen molar-refractivity contribution in [2.75, 3.05) is 0 Å². The second-order valence-corrected chi connectivity index (χ2v) is 21.8. The van der Waals surface area contributed by atoms with Crippen LogP contribution in [0.2, 0.25) is 0 Å². The largest absolute Gasteiger partial charge is 0.478 e. The molecule has 0 aliphatic rings. The van der Waals surface area contributed by atoms with Gasteiger partial charge in [0.15, 0.2) is 0 Å². The normalized spacial score (nSPS) is 12.0. The summed E-state index contributed by atoms with van der Waals surface area (Å²) in [4.78, 5) is 50.6. The number of amides is 2. The molecule has 8 aromatic carbocycles. The predicted octanol–water partition coefficient (Wildman–Crippen LogP) is 15.4. The van der Waals surface area contributed by atoms with Crippen molar-refractivity contribution >= 4 is 77.4 Å². The lowest BCUT2D eigenvalue weighted by atomic mass is 9.98. The SMILES string of the molecule is CCC(NC(=O)c1ccc2c(c1)c(Br)nn2Cc1ccc(-c2ccccc2C(=O)O)cc1)c1ccccc1.CCC(NC(=O)c1ccc2c(c1)c(Br)nn2Cc1ccc(-c2ccccc2C(=O)OC(C)(C)C)cc1)c1ccccc1. The van der Waals surface area contributed by atoms with Crippen LogP contribution in [0.1, 0.15) is 123 Å². The molecule has 2 amide bonds. The lowest BCUT2D eigenvalue weighted by molar-refractivity contribution is 0.00699. The van der Waals surface area contributed by atoms with Crippen LogP contribution in [0.25, 0.3) is 44.1 Å². The zero-order valence-electron chi connectivity index (χ0n) is 45.0. The molecule has 80 heavy (non-hydrogen) atoms. The molecule has 10 aromatic rings. The maximum absolute atomic E-state index is 13.1. The van der Waals surface area contributed by atoms with Gasteiger partial charge >= 0.3 is 11.9 Å². The second-order valence-electron chi connectivity index (χ2n) is 20.3. The summed E-state index contributed by atoms with van der Waals surface area (Å²) in [5.74, 6) is -1.53. The highest BCUT2D eigenvalue weighted by atomic mass is 79.9. The minimum Gasteiger partial charge on any atom is -0.478 e. The maximum Gasteiger partial charge on any atom is 0.339 e. The number of aromatic nitrogens is 4. The van der Waals surface area contributed by atoms with E-state index in [0.29, 0.717) is 44.5 Å². The topological polar surface area (TPSA) is 157 Å². The van der Waals surface area contributed by atoms with Gasteiger partial charge in [0.05, 0.1) is 47.3 Å². The maximum atomic E-state index is 13.1.